The van der Waals surface area contributed by atoms with E-state index in [1.165, 1.54) is 65.9 Å². The number of rotatable bonds is 2. The van der Waals surface area contributed by atoms with E-state index in [1.807, 2.05) is 0 Å². The van der Waals surface area contributed by atoms with Gasteiger partial charge in [0.2, 0.25) is 0 Å². The average molecular weight is 541 g/mol. The molecule has 1 nitrogen and oxygen atoms in total. The third-order valence-electron chi connectivity index (χ3n) is 10.2. The zero-order chi connectivity index (χ0) is 28.0. The van der Waals surface area contributed by atoms with Gasteiger partial charge >= 0.3 is 0 Å². The van der Waals surface area contributed by atoms with Crippen LogP contribution in [0.4, 0.5) is 0 Å². The first kappa shape index (κ1) is 24.0. The van der Waals surface area contributed by atoms with Gasteiger partial charge in [0.25, 0.3) is 0 Å². The van der Waals surface area contributed by atoms with Gasteiger partial charge in [0.05, 0.1) is 0 Å². The zero-order valence-corrected chi connectivity index (χ0v) is 24.0. The first-order chi connectivity index (χ1) is 20.6. The number of hydrogen-bond donors (Lipinski definition) is 0. The summed E-state index contributed by atoms with van der Waals surface area (Å²) < 4.78 is 6.26. The Morgan fingerprint density at radius 3 is 2.05 bits per heavy atom. The molecule has 0 amide bonds. The molecular formula is C41H32O. The first-order valence-corrected chi connectivity index (χ1v) is 15.3. The van der Waals surface area contributed by atoms with E-state index in [2.05, 4.69) is 135 Å². The number of furan rings is 1. The highest BCUT2D eigenvalue weighted by Gasteiger charge is 2.44. The van der Waals surface area contributed by atoms with Gasteiger partial charge < -0.3 is 4.42 Å². The van der Waals surface area contributed by atoms with Crippen molar-refractivity contribution in [3.63, 3.8) is 0 Å². The number of fused-ring (bicyclic) bond motifs is 8. The fourth-order valence-corrected chi connectivity index (χ4v) is 8.19. The highest BCUT2D eigenvalue weighted by Crippen LogP contribution is 2.54. The molecule has 1 aromatic heterocycles. The van der Waals surface area contributed by atoms with Crippen molar-refractivity contribution in [2.24, 2.45) is 5.92 Å². The van der Waals surface area contributed by atoms with Gasteiger partial charge in [-0.1, -0.05) is 123 Å². The minimum Gasteiger partial charge on any atom is -0.460 e. The topological polar surface area (TPSA) is 13.1 Å². The van der Waals surface area contributed by atoms with E-state index in [9.17, 15) is 0 Å². The van der Waals surface area contributed by atoms with Crippen molar-refractivity contribution in [3.05, 3.63) is 138 Å². The zero-order valence-electron chi connectivity index (χ0n) is 24.0. The second-order valence-corrected chi connectivity index (χ2v) is 12.8. The lowest BCUT2D eigenvalue weighted by atomic mass is 9.74. The molecule has 1 heterocycles. The summed E-state index contributed by atoms with van der Waals surface area (Å²) >= 11 is 0. The largest absolute Gasteiger partial charge is 0.460 e. The Morgan fingerprint density at radius 1 is 0.690 bits per heavy atom. The maximum Gasteiger partial charge on any atom is 0.134 e. The summed E-state index contributed by atoms with van der Waals surface area (Å²) in [4.78, 5) is 0. The van der Waals surface area contributed by atoms with Crippen molar-refractivity contribution in [2.75, 3.05) is 0 Å². The Morgan fingerprint density at radius 2 is 1.33 bits per heavy atom. The quantitative estimate of drug-likeness (QED) is 0.199. The van der Waals surface area contributed by atoms with Crippen molar-refractivity contribution >= 4 is 38.6 Å². The van der Waals surface area contributed by atoms with Gasteiger partial charge in [0, 0.05) is 23.3 Å². The maximum atomic E-state index is 6.26. The Bertz CT molecular complexity index is 2120. The third kappa shape index (κ3) is 3.25. The molecule has 0 spiro atoms. The van der Waals surface area contributed by atoms with Crippen LogP contribution in [0.3, 0.4) is 0 Å². The molecule has 0 radical (unpaired) electrons. The fraction of sp³-hybridized carbons (Fsp3) is 0.171. The van der Waals surface area contributed by atoms with E-state index in [0.29, 0.717) is 11.8 Å². The van der Waals surface area contributed by atoms with Crippen LogP contribution in [0.25, 0.3) is 60.8 Å². The van der Waals surface area contributed by atoms with E-state index in [1.54, 1.807) is 0 Å². The van der Waals surface area contributed by atoms with Crippen LogP contribution in [0.2, 0.25) is 0 Å². The third-order valence-corrected chi connectivity index (χ3v) is 10.2. The smallest absolute Gasteiger partial charge is 0.134 e. The molecule has 0 fully saturated rings. The standard InChI is InChI=1S/C41H32O/c1-41(2)35-17-9-7-11-27(35)28-21-19-26(24-36(28)41)40-32-15-5-3-13-30(32)39(31-14-4-6-16-33(31)40)25-20-22-38-34(23-25)29-12-8-10-18-37(29)42-38/h3-9,11-17,19-24,27,35H,10,18H2,1-2H3. The monoisotopic (exact) mass is 540 g/mol. The normalized spacial score (nSPS) is 19.9. The van der Waals surface area contributed by atoms with Crippen LogP contribution in [-0.2, 0) is 11.8 Å². The molecule has 0 N–H and O–H groups in total. The fourth-order valence-electron chi connectivity index (χ4n) is 8.19. The van der Waals surface area contributed by atoms with Gasteiger partial charge in [0.1, 0.15) is 11.3 Å². The van der Waals surface area contributed by atoms with Gasteiger partial charge in [-0.3, -0.25) is 0 Å². The molecule has 2 unspecified atom stereocenters. The summed E-state index contributed by atoms with van der Waals surface area (Å²) in [5.74, 6) is 2.07. The van der Waals surface area contributed by atoms with Gasteiger partial charge in [-0.25, -0.2) is 0 Å². The molecule has 1 heteroatoms. The van der Waals surface area contributed by atoms with Crippen LogP contribution in [0.15, 0.2) is 120 Å². The summed E-state index contributed by atoms with van der Waals surface area (Å²) in [6.07, 6.45) is 15.8. The van der Waals surface area contributed by atoms with Crippen LogP contribution in [0.5, 0.6) is 0 Å². The van der Waals surface area contributed by atoms with Crippen molar-refractivity contribution < 1.29 is 4.42 Å². The highest BCUT2D eigenvalue weighted by molar-refractivity contribution is 6.21. The molecule has 6 aromatic rings. The van der Waals surface area contributed by atoms with Crippen LogP contribution in [-0.4, -0.2) is 0 Å². The van der Waals surface area contributed by atoms with Crippen LogP contribution in [0.1, 0.15) is 48.6 Å². The second-order valence-electron chi connectivity index (χ2n) is 12.8. The molecule has 2 atom stereocenters. The van der Waals surface area contributed by atoms with Crippen molar-refractivity contribution in [1.82, 2.24) is 0 Å². The maximum absolute atomic E-state index is 6.26. The molecule has 0 saturated heterocycles. The van der Waals surface area contributed by atoms with Crippen molar-refractivity contribution in [3.8, 4) is 22.3 Å². The van der Waals surface area contributed by atoms with Crippen LogP contribution >= 0.6 is 0 Å². The summed E-state index contributed by atoms with van der Waals surface area (Å²) in [5, 5.41) is 6.39. The minimum absolute atomic E-state index is 0.0798. The average Bonchev–Trinajstić information content (AvgIpc) is 3.51. The lowest BCUT2D eigenvalue weighted by Crippen LogP contribution is -2.24. The summed E-state index contributed by atoms with van der Waals surface area (Å²) in [5.41, 5.74) is 10.4. The second kappa shape index (κ2) is 8.69. The van der Waals surface area contributed by atoms with E-state index >= 15 is 0 Å². The Hall–Kier alpha value is -4.62. The molecule has 3 aliphatic carbocycles. The Kier molecular flexibility index (Phi) is 4.97. The van der Waals surface area contributed by atoms with Crippen molar-refractivity contribution in [1.29, 1.82) is 0 Å². The lowest BCUT2D eigenvalue weighted by molar-refractivity contribution is 0.394. The van der Waals surface area contributed by atoms with Gasteiger partial charge in [-0.15, -0.1) is 0 Å². The Balaban J connectivity index is 1.32. The summed E-state index contributed by atoms with van der Waals surface area (Å²) in [6, 6.07) is 32.0. The molecule has 42 heavy (non-hydrogen) atoms. The molecule has 0 bridgehead atoms. The molecule has 0 aliphatic heterocycles. The van der Waals surface area contributed by atoms with E-state index < -0.39 is 0 Å². The van der Waals surface area contributed by atoms with Gasteiger partial charge in [-0.05, 0) is 84.8 Å². The lowest BCUT2D eigenvalue weighted by Gasteiger charge is -2.29. The summed E-state index contributed by atoms with van der Waals surface area (Å²) in [6.45, 7) is 4.84. The molecular weight excluding hydrogens is 508 g/mol. The van der Waals surface area contributed by atoms with E-state index in [-0.39, 0.29) is 5.41 Å². The molecule has 202 valence electrons. The van der Waals surface area contributed by atoms with Gasteiger partial charge in [0.15, 0.2) is 0 Å². The van der Waals surface area contributed by atoms with Crippen LogP contribution in [0, 0.1) is 5.92 Å². The number of aryl methyl sites for hydroxylation is 1. The number of hydrogen-bond acceptors (Lipinski definition) is 1. The van der Waals surface area contributed by atoms with Gasteiger partial charge in [-0.2, -0.15) is 0 Å². The SMILES string of the molecule is CC1(C)c2cc(-c3c4ccccc4c(-c4ccc5oc6c(c5c4)C=CCC6)c4ccccc34)ccc2C2C=CC=CC21. The molecule has 9 rings (SSSR count). The number of allylic oxidation sites excluding steroid dienone is 5. The predicted octanol–water partition coefficient (Wildman–Crippen LogP) is 11.1. The molecule has 3 aliphatic rings. The van der Waals surface area contributed by atoms with E-state index in [4.69, 9.17) is 4.42 Å². The molecule has 0 saturated carbocycles. The summed E-state index contributed by atoms with van der Waals surface area (Å²) in [7, 11) is 0. The first-order valence-electron chi connectivity index (χ1n) is 15.3. The minimum atomic E-state index is 0.0798. The highest BCUT2D eigenvalue weighted by atomic mass is 16.3. The van der Waals surface area contributed by atoms with Crippen molar-refractivity contribution in [2.45, 2.75) is 38.0 Å². The Labute approximate surface area is 246 Å². The van der Waals surface area contributed by atoms with E-state index in [0.717, 1.165) is 24.2 Å². The number of benzene rings is 5. The molecule has 5 aromatic carbocycles. The van der Waals surface area contributed by atoms with Crippen LogP contribution < -0.4 is 0 Å². The predicted molar refractivity (Wildman–Crippen MR) is 177 cm³/mol.